The molecule has 2 N–H and O–H groups in total. The van der Waals surface area contributed by atoms with Gasteiger partial charge in [-0.3, -0.25) is 9.52 Å². The molecule has 0 aromatic heterocycles. The number of anilines is 1. The Morgan fingerprint density at radius 2 is 1.78 bits per heavy atom. The van der Waals surface area contributed by atoms with Crippen LogP contribution in [-0.2, 0) is 16.4 Å². The molecule has 0 aliphatic heterocycles. The molecule has 0 saturated heterocycles. The molecule has 1 amide bonds. The van der Waals surface area contributed by atoms with Crippen molar-refractivity contribution in [3.8, 4) is 0 Å². The molecular weight excluding hydrogens is 312 g/mol. The summed E-state index contributed by atoms with van der Waals surface area (Å²) in [5.41, 5.74) is 1.85. The lowest BCUT2D eigenvalue weighted by molar-refractivity contribution is 0.0963. The van der Waals surface area contributed by atoms with Gasteiger partial charge in [-0.2, -0.15) is 0 Å². The molecule has 0 fully saturated rings. The number of amides is 1. The first-order valence-electron chi connectivity index (χ1n) is 7.40. The van der Waals surface area contributed by atoms with Crippen LogP contribution in [0.25, 0.3) is 0 Å². The molecule has 0 radical (unpaired) electrons. The molecule has 6 heteroatoms. The lowest BCUT2D eigenvalue weighted by Crippen LogP contribution is -2.18. The molecule has 23 heavy (non-hydrogen) atoms. The minimum Gasteiger partial charge on any atom is -0.355 e. The van der Waals surface area contributed by atoms with Crippen LogP contribution in [0.1, 0.15) is 29.3 Å². The van der Waals surface area contributed by atoms with Crippen LogP contribution in [0.15, 0.2) is 53.4 Å². The van der Waals surface area contributed by atoms with Crippen molar-refractivity contribution in [1.29, 1.82) is 0 Å². The van der Waals surface area contributed by atoms with Crippen molar-refractivity contribution >= 4 is 21.6 Å². The Kier molecular flexibility index (Phi) is 5.39. The van der Waals surface area contributed by atoms with Gasteiger partial charge in [-0.1, -0.05) is 31.5 Å². The summed E-state index contributed by atoms with van der Waals surface area (Å²) in [4.78, 5) is 11.8. The van der Waals surface area contributed by atoms with Gasteiger partial charge in [-0.15, -0.1) is 0 Å². The van der Waals surface area contributed by atoms with E-state index >= 15 is 0 Å². The van der Waals surface area contributed by atoms with Crippen molar-refractivity contribution in [3.63, 3.8) is 0 Å². The normalized spacial score (nSPS) is 11.0. The quantitative estimate of drug-likeness (QED) is 0.854. The van der Waals surface area contributed by atoms with Crippen LogP contribution in [0.3, 0.4) is 0 Å². The Labute approximate surface area is 136 Å². The van der Waals surface area contributed by atoms with Crippen LogP contribution in [0.4, 0.5) is 5.69 Å². The Balaban J connectivity index is 2.22. The largest absolute Gasteiger partial charge is 0.355 e. The van der Waals surface area contributed by atoms with Crippen molar-refractivity contribution < 1.29 is 13.2 Å². The molecule has 2 aromatic rings. The van der Waals surface area contributed by atoms with Crippen LogP contribution >= 0.6 is 0 Å². The second kappa shape index (κ2) is 7.28. The monoisotopic (exact) mass is 332 g/mol. The summed E-state index contributed by atoms with van der Waals surface area (Å²) in [6.45, 7) is 2.08. The van der Waals surface area contributed by atoms with Crippen molar-refractivity contribution in [1.82, 2.24) is 5.32 Å². The summed E-state index contributed by atoms with van der Waals surface area (Å²) >= 11 is 0. The van der Waals surface area contributed by atoms with Gasteiger partial charge in [-0.25, -0.2) is 8.42 Å². The maximum absolute atomic E-state index is 12.4. The molecule has 0 saturated carbocycles. The molecule has 2 rings (SSSR count). The fraction of sp³-hybridized carbons (Fsp3) is 0.235. The van der Waals surface area contributed by atoms with E-state index in [9.17, 15) is 13.2 Å². The number of carbonyl (C=O) groups excluding carboxylic acids is 1. The number of nitrogens with one attached hydrogen (secondary N) is 2. The smallest absolute Gasteiger partial charge is 0.261 e. The molecule has 0 unspecified atom stereocenters. The second-order valence-corrected chi connectivity index (χ2v) is 6.84. The highest BCUT2D eigenvalue weighted by Gasteiger charge is 2.14. The summed E-state index contributed by atoms with van der Waals surface area (Å²) in [5.74, 6) is -0.269. The molecule has 0 atom stereocenters. The van der Waals surface area contributed by atoms with Gasteiger partial charge >= 0.3 is 0 Å². The highest BCUT2D eigenvalue weighted by molar-refractivity contribution is 7.92. The van der Waals surface area contributed by atoms with E-state index in [0.717, 1.165) is 18.4 Å². The van der Waals surface area contributed by atoms with Crippen molar-refractivity contribution in [2.75, 3.05) is 11.8 Å². The number of sulfonamides is 1. The Hall–Kier alpha value is -2.34. The minimum absolute atomic E-state index is 0.197. The van der Waals surface area contributed by atoms with Gasteiger partial charge in [0.15, 0.2) is 0 Å². The van der Waals surface area contributed by atoms with Crippen LogP contribution in [0.2, 0.25) is 0 Å². The first-order valence-corrected chi connectivity index (χ1v) is 8.88. The Morgan fingerprint density at radius 1 is 1.09 bits per heavy atom. The van der Waals surface area contributed by atoms with Crippen molar-refractivity contribution in [2.24, 2.45) is 0 Å². The predicted octanol–water partition coefficient (Wildman–Crippen LogP) is 2.80. The zero-order valence-electron chi connectivity index (χ0n) is 13.2. The van der Waals surface area contributed by atoms with Gasteiger partial charge in [0.2, 0.25) is 0 Å². The van der Waals surface area contributed by atoms with E-state index in [4.69, 9.17) is 0 Å². The SMILES string of the molecule is CCCc1ccc(S(=O)(=O)Nc2cccc(C(=O)NC)c2)cc1. The van der Waals surface area contributed by atoms with E-state index in [1.807, 2.05) is 12.1 Å². The summed E-state index contributed by atoms with van der Waals surface area (Å²) in [6, 6.07) is 13.2. The van der Waals surface area contributed by atoms with E-state index in [0.29, 0.717) is 11.3 Å². The van der Waals surface area contributed by atoms with Crippen LogP contribution < -0.4 is 10.0 Å². The highest BCUT2D eigenvalue weighted by atomic mass is 32.2. The minimum atomic E-state index is -3.68. The zero-order chi connectivity index (χ0) is 16.9. The third-order valence-corrected chi connectivity index (χ3v) is 4.77. The van der Waals surface area contributed by atoms with Crippen LogP contribution in [-0.4, -0.2) is 21.4 Å². The van der Waals surface area contributed by atoms with Crippen LogP contribution in [0, 0.1) is 0 Å². The Morgan fingerprint density at radius 3 is 2.39 bits per heavy atom. The topological polar surface area (TPSA) is 75.3 Å². The highest BCUT2D eigenvalue weighted by Crippen LogP contribution is 2.18. The first-order chi connectivity index (χ1) is 11.0. The lowest BCUT2D eigenvalue weighted by Gasteiger charge is -2.10. The van der Waals surface area contributed by atoms with Gasteiger partial charge < -0.3 is 5.32 Å². The molecule has 122 valence electrons. The molecule has 5 nitrogen and oxygen atoms in total. The van der Waals surface area contributed by atoms with Crippen LogP contribution in [0.5, 0.6) is 0 Å². The van der Waals surface area contributed by atoms with Gasteiger partial charge in [0.25, 0.3) is 15.9 Å². The fourth-order valence-electron chi connectivity index (χ4n) is 2.21. The number of aryl methyl sites for hydroxylation is 1. The molecular formula is C17H20N2O3S. The second-order valence-electron chi connectivity index (χ2n) is 5.16. The maximum Gasteiger partial charge on any atom is 0.261 e. The Bertz CT molecular complexity index is 784. The summed E-state index contributed by atoms with van der Waals surface area (Å²) in [6.07, 6.45) is 1.93. The number of rotatable bonds is 6. The molecule has 0 bridgehead atoms. The van der Waals surface area contributed by atoms with Crippen molar-refractivity contribution in [2.45, 2.75) is 24.7 Å². The average molecular weight is 332 g/mol. The molecule has 0 aliphatic carbocycles. The molecule has 0 spiro atoms. The third-order valence-electron chi connectivity index (χ3n) is 3.38. The van der Waals surface area contributed by atoms with Gasteiger partial charge in [0, 0.05) is 18.3 Å². The number of benzene rings is 2. The molecule has 0 aliphatic rings. The zero-order valence-corrected chi connectivity index (χ0v) is 14.0. The number of hydrogen-bond acceptors (Lipinski definition) is 3. The fourth-order valence-corrected chi connectivity index (χ4v) is 3.26. The van der Waals surface area contributed by atoms with E-state index in [1.54, 1.807) is 30.3 Å². The molecule has 2 aromatic carbocycles. The van der Waals surface area contributed by atoms with E-state index in [2.05, 4.69) is 17.0 Å². The maximum atomic E-state index is 12.4. The number of hydrogen-bond donors (Lipinski definition) is 2. The summed E-state index contributed by atoms with van der Waals surface area (Å²) < 4.78 is 27.3. The van der Waals surface area contributed by atoms with E-state index in [-0.39, 0.29) is 10.8 Å². The van der Waals surface area contributed by atoms with E-state index in [1.165, 1.54) is 13.1 Å². The summed E-state index contributed by atoms with van der Waals surface area (Å²) in [7, 11) is -2.15. The lowest BCUT2D eigenvalue weighted by atomic mass is 10.1. The summed E-state index contributed by atoms with van der Waals surface area (Å²) in [5, 5.41) is 2.51. The predicted molar refractivity (Wildman–Crippen MR) is 91.1 cm³/mol. The van der Waals surface area contributed by atoms with E-state index < -0.39 is 10.0 Å². The first kappa shape index (κ1) is 17.0. The van der Waals surface area contributed by atoms with Gasteiger partial charge in [0.05, 0.1) is 4.90 Å². The molecule has 0 heterocycles. The van der Waals surface area contributed by atoms with Gasteiger partial charge in [0.1, 0.15) is 0 Å². The number of carbonyl (C=O) groups is 1. The van der Waals surface area contributed by atoms with Gasteiger partial charge in [-0.05, 0) is 42.3 Å². The average Bonchev–Trinajstić information content (AvgIpc) is 2.55. The van der Waals surface area contributed by atoms with Crippen molar-refractivity contribution in [3.05, 3.63) is 59.7 Å². The standard InChI is InChI=1S/C17H20N2O3S/c1-3-5-13-8-10-16(11-9-13)23(21,22)19-15-7-4-6-14(12-15)17(20)18-2/h4,6-12,19H,3,5H2,1-2H3,(H,18,20). The third kappa shape index (κ3) is 4.32.